The van der Waals surface area contributed by atoms with Crippen LogP contribution in [0, 0.1) is 0 Å². The summed E-state index contributed by atoms with van der Waals surface area (Å²) in [7, 11) is 0. The molecule has 110 valence electrons. The van der Waals surface area contributed by atoms with Gasteiger partial charge in [0.15, 0.2) is 5.78 Å². The predicted molar refractivity (Wildman–Crippen MR) is 91.9 cm³/mol. The molecule has 21 heavy (non-hydrogen) atoms. The quantitative estimate of drug-likeness (QED) is 0.675. The first-order valence-electron chi connectivity index (χ1n) is 7.27. The lowest BCUT2D eigenvalue weighted by Crippen LogP contribution is -2.14. The van der Waals surface area contributed by atoms with Crippen molar-refractivity contribution < 1.29 is 4.79 Å². The highest BCUT2D eigenvalue weighted by molar-refractivity contribution is 8.00. The second kappa shape index (κ2) is 6.95. The zero-order valence-electron chi connectivity index (χ0n) is 12.9. The maximum Gasteiger partial charge on any atom is 0.164 e. The number of rotatable bonds is 5. The second-order valence-electron chi connectivity index (χ2n) is 6.12. The normalized spacial score (nSPS) is 12.9. The van der Waals surface area contributed by atoms with E-state index < -0.39 is 0 Å². The van der Waals surface area contributed by atoms with E-state index in [1.165, 1.54) is 5.56 Å². The third-order valence-electron chi connectivity index (χ3n) is 3.13. The van der Waals surface area contributed by atoms with Crippen molar-refractivity contribution in [2.24, 2.45) is 0 Å². The molecule has 2 aromatic rings. The third-order valence-corrected chi connectivity index (χ3v) is 4.56. The van der Waals surface area contributed by atoms with Gasteiger partial charge in [-0.15, -0.1) is 11.8 Å². The molecular weight excluding hydrogens is 276 g/mol. The number of hydrogen-bond acceptors (Lipinski definition) is 2. The van der Waals surface area contributed by atoms with Crippen molar-refractivity contribution in [1.29, 1.82) is 0 Å². The Balaban J connectivity index is 2.19. The minimum Gasteiger partial charge on any atom is -0.294 e. The molecule has 1 atom stereocenters. The number of carbonyl (C=O) groups excluding carboxylic acids is 1. The molecule has 0 spiro atoms. The van der Waals surface area contributed by atoms with Crippen molar-refractivity contribution in [2.75, 3.05) is 0 Å². The molecule has 0 aliphatic carbocycles. The number of benzene rings is 2. The molecule has 2 aromatic carbocycles. The zero-order chi connectivity index (χ0) is 15.3. The molecule has 0 fully saturated rings. The van der Waals surface area contributed by atoms with Gasteiger partial charge in [0.2, 0.25) is 0 Å². The van der Waals surface area contributed by atoms with Crippen molar-refractivity contribution in [2.45, 2.75) is 37.2 Å². The summed E-state index contributed by atoms with van der Waals surface area (Å²) in [6, 6.07) is 19.9. The Morgan fingerprint density at radius 2 is 1.48 bits per heavy atom. The molecule has 0 saturated carbocycles. The second-order valence-corrected chi connectivity index (χ2v) is 8.15. The summed E-state index contributed by atoms with van der Waals surface area (Å²) in [5.74, 6) is 0.209. The maximum absolute atomic E-state index is 12.5. The first kappa shape index (κ1) is 15.8. The highest BCUT2D eigenvalue weighted by atomic mass is 32.2. The number of carbonyl (C=O) groups is 1. The Bertz CT molecular complexity index is 570. The lowest BCUT2D eigenvalue weighted by Gasteiger charge is -2.25. The van der Waals surface area contributed by atoms with E-state index >= 15 is 0 Å². The SMILES string of the molecule is CC(C)(C)S[C@H](CC(=O)c1ccccc1)c1ccccc1. The molecule has 0 aliphatic rings. The number of hydrogen-bond donors (Lipinski definition) is 0. The van der Waals surface area contributed by atoms with Crippen molar-refractivity contribution in [3.63, 3.8) is 0 Å². The minimum atomic E-state index is 0.122. The smallest absolute Gasteiger partial charge is 0.164 e. The van der Waals surface area contributed by atoms with E-state index in [0.717, 1.165) is 5.56 Å². The fraction of sp³-hybridized carbons (Fsp3) is 0.316. The van der Waals surface area contributed by atoms with Gasteiger partial charge in [0, 0.05) is 22.0 Å². The van der Waals surface area contributed by atoms with E-state index in [4.69, 9.17) is 0 Å². The summed E-state index contributed by atoms with van der Waals surface area (Å²) < 4.78 is 0.122. The highest BCUT2D eigenvalue weighted by Crippen LogP contribution is 2.41. The van der Waals surface area contributed by atoms with Gasteiger partial charge in [0.05, 0.1) is 0 Å². The lowest BCUT2D eigenvalue weighted by molar-refractivity contribution is 0.0982. The molecule has 0 radical (unpaired) electrons. The Labute approximate surface area is 131 Å². The van der Waals surface area contributed by atoms with E-state index in [9.17, 15) is 4.79 Å². The van der Waals surface area contributed by atoms with Crippen LogP contribution in [0.4, 0.5) is 0 Å². The molecule has 0 bridgehead atoms. The van der Waals surface area contributed by atoms with Crippen LogP contribution in [0.1, 0.15) is 48.4 Å². The fourth-order valence-corrected chi connectivity index (χ4v) is 3.61. The molecule has 0 aromatic heterocycles. The number of thioether (sulfide) groups is 1. The Morgan fingerprint density at radius 1 is 0.952 bits per heavy atom. The third kappa shape index (κ3) is 5.05. The molecule has 0 aliphatic heterocycles. The van der Waals surface area contributed by atoms with Crippen LogP contribution in [0.3, 0.4) is 0 Å². The first-order chi connectivity index (χ1) is 9.96. The average molecular weight is 298 g/mol. The van der Waals surface area contributed by atoms with Gasteiger partial charge in [0.1, 0.15) is 0 Å². The largest absolute Gasteiger partial charge is 0.294 e. The number of ketones is 1. The van der Waals surface area contributed by atoms with Crippen LogP contribution in [0.25, 0.3) is 0 Å². The van der Waals surface area contributed by atoms with E-state index in [0.29, 0.717) is 6.42 Å². The van der Waals surface area contributed by atoms with Crippen molar-refractivity contribution in [1.82, 2.24) is 0 Å². The Hall–Kier alpha value is -1.54. The summed E-state index contributed by atoms with van der Waals surface area (Å²) in [6.07, 6.45) is 0.538. The molecule has 1 nitrogen and oxygen atoms in total. The summed E-state index contributed by atoms with van der Waals surface area (Å²) in [5, 5.41) is 0.193. The fourth-order valence-electron chi connectivity index (χ4n) is 2.23. The summed E-state index contributed by atoms with van der Waals surface area (Å²) in [5.41, 5.74) is 2.02. The van der Waals surface area contributed by atoms with Gasteiger partial charge >= 0.3 is 0 Å². The van der Waals surface area contributed by atoms with Crippen LogP contribution in [0.2, 0.25) is 0 Å². The summed E-state index contributed by atoms with van der Waals surface area (Å²) in [6.45, 7) is 6.59. The molecular formula is C19H22OS. The monoisotopic (exact) mass is 298 g/mol. The van der Waals surface area contributed by atoms with E-state index in [2.05, 4.69) is 32.9 Å². The topological polar surface area (TPSA) is 17.1 Å². The van der Waals surface area contributed by atoms with E-state index in [-0.39, 0.29) is 15.8 Å². The summed E-state index contributed by atoms with van der Waals surface area (Å²) >= 11 is 1.86. The molecule has 0 saturated heterocycles. The predicted octanol–water partition coefficient (Wildman–Crippen LogP) is 5.53. The van der Waals surface area contributed by atoms with Gasteiger partial charge in [-0.2, -0.15) is 0 Å². The molecule has 0 N–H and O–H groups in total. The maximum atomic E-state index is 12.5. The minimum absolute atomic E-state index is 0.122. The van der Waals surface area contributed by atoms with Crippen LogP contribution in [-0.2, 0) is 0 Å². The van der Waals surface area contributed by atoms with Crippen LogP contribution in [0.15, 0.2) is 60.7 Å². The van der Waals surface area contributed by atoms with Crippen molar-refractivity contribution in [3.8, 4) is 0 Å². The van der Waals surface area contributed by atoms with E-state index in [1.54, 1.807) is 0 Å². The van der Waals surface area contributed by atoms with Crippen LogP contribution < -0.4 is 0 Å². The first-order valence-corrected chi connectivity index (χ1v) is 8.15. The molecule has 2 rings (SSSR count). The van der Waals surface area contributed by atoms with Gasteiger partial charge in [-0.05, 0) is 5.56 Å². The lowest BCUT2D eigenvalue weighted by atomic mass is 10.0. The van der Waals surface area contributed by atoms with Crippen LogP contribution in [0.5, 0.6) is 0 Å². The average Bonchev–Trinajstić information content (AvgIpc) is 2.47. The highest BCUT2D eigenvalue weighted by Gasteiger charge is 2.23. The van der Waals surface area contributed by atoms with Crippen molar-refractivity contribution >= 4 is 17.5 Å². The molecule has 0 unspecified atom stereocenters. The van der Waals surface area contributed by atoms with Crippen LogP contribution in [-0.4, -0.2) is 10.5 Å². The summed E-state index contributed by atoms with van der Waals surface area (Å²) in [4.78, 5) is 12.5. The van der Waals surface area contributed by atoms with Crippen molar-refractivity contribution in [3.05, 3.63) is 71.8 Å². The Kier molecular flexibility index (Phi) is 5.24. The Morgan fingerprint density at radius 3 is 2.00 bits per heavy atom. The molecule has 0 amide bonds. The standard InChI is InChI=1S/C19H22OS/c1-19(2,3)21-18(16-12-8-5-9-13-16)14-17(20)15-10-6-4-7-11-15/h4-13,18H,14H2,1-3H3/t18-/m1/s1. The van der Waals surface area contributed by atoms with Gasteiger partial charge in [-0.3, -0.25) is 4.79 Å². The number of Topliss-reactive ketones (excluding diaryl/α,β-unsaturated/α-hetero) is 1. The van der Waals surface area contributed by atoms with Gasteiger partial charge in [-0.1, -0.05) is 81.4 Å². The van der Waals surface area contributed by atoms with Gasteiger partial charge in [-0.25, -0.2) is 0 Å². The van der Waals surface area contributed by atoms with E-state index in [1.807, 2.05) is 60.3 Å². The molecule has 0 heterocycles. The van der Waals surface area contributed by atoms with Gasteiger partial charge in [0.25, 0.3) is 0 Å². The zero-order valence-corrected chi connectivity index (χ0v) is 13.7. The van der Waals surface area contributed by atoms with Crippen LogP contribution >= 0.6 is 11.8 Å². The van der Waals surface area contributed by atoms with Gasteiger partial charge < -0.3 is 0 Å². The molecule has 2 heteroatoms.